The van der Waals surface area contributed by atoms with Crippen LogP contribution in [0.2, 0.25) is 0 Å². The Kier molecular flexibility index (Phi) is 4.07. The fourth-order valence-corrected chi connectivity index (χ4v) is 5.32. The summed E-state index contributed by atoms with van der Waals surface area (Å²) in [6.45, 7) is 0.668. The molecule has 1 fully saturated rings. The van der Waals surface area contributed by atoms with Crippen LogP contribution in [0.3, 0.4) is 0 Å². The maximum absolute atomic E-state index is 12.0. The van der Waals surface area contributed by atoms with E-state index in [0.717, 1.165) is 10.0 Å². The number of benzene rings is 1. The molecule has 0 aliphatic heterocycles. The lowest BCUT2D eigenvalue weighted by molar-refractivity contribution is 0.142. The summed E-state index contributed by atoms with van der Waals surface area (Å²) in [6, 6.07) is 7.72. The quantitative estimate of drug-likeness (QED) is 0.877. The highest BCUT2D eigenvalue weighted by Gasteiger charge is 2.69. The molecule has 3 atom stereocenters. The number of rotatable bonds is 5. The highest BCUT2D eigenvalue weighted by molar-refractivity contribution is 9.10. The van der Waals surface area contributed by atoms with Crippen LogP contribution in [0.5, 0.6) is 0 Å². The Hall–Kier alpha value is -0.430. The van der Waals surface area contributed by atoms with Crippen molar-refractivity contribution in [3.05, 3.63) is 34.3 Å². The second kappa shape index (κ2) is 5.16. The molecule has 0 saturated heterocycles. The summed E-state index contributed by atoms with van der Waals surface area (Å²) in [6.07, 6.45) is 1.27. The topological polar surface area (TPSA) is 69.4 Å². The van der Waals surface area contributed by atoms with Gasteiger partial charge in [0.2, 0.25) is 0 Å². The number of nitrogens with two attached hydrogens (primary N) is 1. The summed E-state index contributed by atoms with van der Waals surface area (Å²) in [5.41, 5.74) is 6.36. The molecule has 3 unspecified atom stereocenters. The summed E-state index contributed by atoms with van der Waals surface area (Å²) in [7, 11) is -1.57. The van der Waals surface area contributed by atoms with Crippen molar-refractivity contribution in [2.45, 2.75) is 11.2 Å². The zero-order valence-corrected chi connectivity index (χ0v) is 13.4. The third-order valence-electron chi connectivity index (χ3n) is 3.86. The van der Waals surface area contributed by atoms with E-state index in [4.69, 9.17) is 10.5 Å². The molecule has 0 aromatic heterocycles. The minimum absolute atomic E-state index is 0.0828. The van der Waals surface area contributed by atoms with Crippen molar-refractivity contribution in [1.29, 1.82) is 0 Å². The van der Waals surface area contributed by atoms with Crippen molar-refractivity contribution < 1.29 is 13.2 Å². The van der Waals surface area contributed by atoms with Crippen molar-refractivity contribution in [2.24, 2.45) is 11.1 Å². The monoisotopic (exact) mass is 347 g/mol. The summed E-state index contributed by atoms with van der Waals surface area (Å²) in [5, 5.41) is -0.453. The van der Waals surface area contributed by atoms with E-state index in [1.54, 1.807) is 7.11 Å². The molecule has 2 rings (SSSR count). The number of methoxy groups -OCH3 is 1. The molecule has 1 aliphatic rings. The van der Waals surface area contributed by atoms with Crippen LogP contribution in [0.15, 0.2) is 28.7 Å². The Labute approximate surface area is 122 Å². The standard InChI is InChI=1S/C13H18BrNO3S/c1-18-8-13(7-15)11(12(13)19(2,16)17)9-3-5-10(14)6-4-9/h3-6,11-12H,7-8,15H2,1-2H3. The number of hydrogen-bond donors (Lipinski definition) is 1. The van der Waals surface area contributed by atoms with Crippen molar-refractivity contribution >= 4 is 25.8 Å². The lowest BCUT2D eigenvalue weighted by Crippen LogP contribution is -2.28. The SMILES string of the molecule is COCC1(CN)C(c2ccc(Br)cc2)C1S(C)(=O)=O. The average Bonchev–Trinajstić information content (AvgIpc) is 3.00. The van der Waals surface area contributed by atoms with Crippen LogP contribution in [0.4, 0.5) is 0 Å². The van der Waals surface area contributed by atoms with E-state index >= 15 is 0 Å². The van der Waals surface area contributed by atoms with Gasteiger partial charge in [0.05, 0.1) is 11.9 Å². The molecule has 1 aliphatic carbocycles. The normalized spacial score (nSPS) is 30.3. The molecule has 0 radical (unpaired) electrons. The largest absolute Gasteiger partial charge is 0.384 e. The van der Waals surface area contributed by atoms with Gasteiger partial charge in [-0.25, -0.2) is 8.42 Å². The molecule has 6 heteroatoms. The minimum Gasteiger partial charge on any atom is -0.384 e. The van der Waals surface area contributed by atoms with Crippen LogP contribution < -0.4 is 5.73 Å². The Balaban J connectivity index is 2.40. The van der Waals surface area contributed by atoms with Crippen molar-refractivity contribution in [3.8, 4) is 0 Å². The molecule has 106 valence electrons. The highest BCUT2D eigenvalue weighted by atomic mass is 79.9. The molecule has 0 spiro atoms. The lowest BCUT2D eigenvalue weighted by Gasteiger charge is -2.14. The molecule has 1 aromatic carbocycles. The number of sulfone groups is 1. The van der Waals surface area contributed by atoms with Crippen LogP contribution in [0, 0.1) is 5.41 Å². The van der Waals surface area contributed by atoms with E-state index in [0.29, 0.717) is 13.2 Å². The van der Waals surface area contributed by atoms with Crippen molar-refractivity contribution in [3.63, 3.8) is 0 Å². The fraction of sp³-hybridized carbons (Fsp3) is 0.538. The van der Waals surface area contributed by atoms with Gasteiger partial charge in [0.1, 0.15) is 0 Å². The maximum atomic E-state index is 12.0. The highest BCUT2D eigenvalue weighted by Crippen LogP contribution is 2.62. The first-order valence-electron chi connectivity index (χ1n) is 6.00. The second-order valence-electron chi connectivity index (χ2n) is 5.15. The summed E-state index contributed by atoms with van der Waals surface area (Å²) < 4.78 is 30.1. The average molecular weight is 348 g/mol. The van der Waals surface area contributed by atoms with Gasteiger partial charge in [-0.05, 0) is 17.7 Å². The van der Waals surface area contributed by atoms with E-state index in [9.17, 15) is 8.42 Å². The van der Waals surface area contributed by atoms with E-state index < -0.39 is 20.5 Å². The number of halogens is 1. The van der Waals surface area contributed by atoms with Gasteiger partial charge in [-0.15, -0.1) is 0 Å². The third kappa shape index (κ3) is 2.59. The van der Waals surface area contributed by atoms with Crippen molar-refractivity contribution in [1.82, 2.24) is 0 Å². The summed E-state index contributed by atoms with van der Waals surface area (Å²) >= 11 is 3.38. The number of ether oxygens (including phenoxy) is 1. The van der Waals surface area contributed by atoms with Crippen LogP contribution in [-0.2, 0) is 14.6 Å². The molecule has 4 nitrogen and oxygen atoms in total. The second-order valence-corrected chi connectivity index (χ2v) is 8.23. The van der Waals surface area contributed by atoms with Gasteiger partial charge in [0.15, 0.2) is 9.84 Å². The fourth-order valence-electron chi connectivity index (χ4n) is 3.05. The van der Waals surface area contributed by atoms with E-state index in [1.807, 2.05) is 24.3 Å². The zero-order chi connectivity index (χ0) is 14.3. The molecule has 0 bridgehead atoms. The predicted molar refractivity (Wildman–Crippen MR) is 78.9 cm³/mol. The Morgan fingerprint density at radius 3 is 2.37 bits per heavy atom. The molecule has 19 heavy (non-hydrogen) atoms. The lowest BCUT2D eigenvalue weighted by atomic mass is 10.0. The zero-order valence-electron chi connectivity index (χ0n) is 11.0. The molecule has 0 heterocycles. The number of hydrogen-bond acceptors (Lipinski definition) is 4. The Morgan fingerprint density at radius 2 is 1.95 bits per heavy atom. The van der Waals surface area contributed by atoms with Gasteiger partial charge >= 0.3 is 0 Å². The van der Waals surface area contributed by atoms with E-state index in [2.05, 4.69) is 15.9 Å². The van der Waals surface area contributed by atoms with Crippen LogP contribution in [0.25, 0.3) is 0 Å². The van der Waals surface area contributed by atoms with Crippen LogP contribution >= 0.6 is 15.9 Å². The van der Waals surface area contributed by atoms with Gasteiger partial charge in [0, 0.05) is 35.7 Å². The molecule has 1 aromatic rings. The van der Waals surface area contributed by atoms with Gasteiger partial charge in [0.25, 0.3) is 0 Å². The molecule has 2 N–H and O–H groups in total. The summed E-state index contributed by atoms with van der Waals surface area (Å²) in [4.78, 5) is 0. The van der Waals surface area contributed by atoms with Gasteiger partial charge in [-0.1, -0.05) is 28.1 Å². The van der Waals surface area contributed by atoms with Crippen molar-refractivity contribution in [2.75, 3.05) is 26.5 Å². The Bertz CT molecular complexity index is 558. The van der Waals surface area contributed by atoms with Crippen LogP contribution in [0.1, 0.15) is 11.5 Å². The van der Waals surface area contributed by atoms with Gasteiger partial charge in [-0.3, -0.25) is 0 Å². The van der Waals surface area contributed by atoms with E-state index in [-0.39, 0.29) is 5.92 Å². The van der Waals surface area contributed by atoms with Gasteiger partial charge in [-0.2, -0.15) is 0 Å². The molecular weight excluding hydrogens is 330 g/mol. The maximum Gasteiger partial charge on any atom is 0.151 e. The summed E-state index contributed by atoms with van der Waals surface area (Å²) in [5.74, 6) is -0.0828. The Morgan fingerprint density at radius 1 is 1.37 bits per heavy atom. The minimum atomic E-state index is -3.15. The van der Waals surface area contributed by atoms with Crippen LogP contribution in [-0.4, -0.2) is 40.2 Å². The molecular formula is C13H18BrNO3S. The van der Waals surface area contributed by atoms with E-state index in [1.165, 1.54) is 6.26 Å². The first-order valence-corrected chi connectivity index (χ1v) is 8.75. The predicted octanol–water partition coefficient (Wildman–Crippen LogP) is 1.55. The first-order chi connectivity index (χ1) is 8.86. The molecule has 0 amide bonds. The third-order valence-corrected chi connectivity index (χ3v) is 6.06. The smallest absolute Gasteiger partial charge is 0.151 e. The first kappa shape index (κ1) is 15.0. The van der Waals surface area contributed by atoms with Gasteiger partial charge < -0.3 is 10.5 Å². The molecule has 1 saturated carbocycles.